The summed E-state index contributed by atoms with van der Waals surface area (Å²) in [6.45, 7) is 0. The average Bonchev–Trinajstić information content (AvgIpc) is 3.04. The van der Waals surface area contributed by atoms with Gasteiger partial charge in [-0.2, -0.15) is 0 Å². The molecule has 0 saturated carbocycles. The lowest BCUT2D eigenvalue weighted by Gasteiger charge is -2.05. The molecule has 0 fully saturated rings. The maximum atomic E-state index is 2.45. The van der Waals surface area contributed by atoms with E-state index in [1.807, 2.05) is 22.7 Å². The predicted molar refractivity (Wildman–Crippen MR) is 78.7 cm³/mol. The molecule has 2 aromatic heterocycles. The van der Waals surface area contributed by atoms with Gasteiger partial charge in [0.1, 0.15) is 0 Å². The second-order valence-corrected chi connectivity index (χ2v) is 6.90. The summed E-state index contributed by atoms with van der Waals surface area (Å²) in [5.41, 5.74) is 9.08. The highest BCUT2D eigenvalue weighted by Gasteiger charge is 2.26. The highest BCUT2D eigenvalue weighted by Crippen LogP contribution is 2.47. The number of fused-ring (bicyclic) bond motifs is 6. The number of benzene rings is 1. The maximum absolute atomic E-state index is 2.45. The van der Waals surface area contributed by atoms with Gasteiger partial charge in [-0.25, -0.2) is 0 Å². The molecular weight excluding hydrogens is 256 g/mol. The summed E-state index contributed by atoms with van der Waals surface area (Å²) in [5.74, 6) is 0. The smallest absolute Gasteiger partial charge is 0.0381 e. The van der Waals surface area contributed by atoms with Crippen LogP contribution in [0.2, 0.25) is 0 Å². The summed E-state index contributed by atoms with van der Waals surface area (Å²) < 4.78 is 0. The zero-order chi connectivity index (χ0) is 11.7. The molecule has 0 atom stereocenters. The van der Waals surface area contributed by atoms with Crippen LogP contribution in [-0.4, -0.2) is 0 Å². The van der Waals surface area contributed by atoms with Gasteiger partial charge in [0.15, 0.2) is 0 Å². The Bertz CT molecular complexity index is 726. The first-order chi connectivity index (χ1) is 8.90. The van der Waals surface area contributed by atoms with E-state index in [4.69, 9.17) is 0 Å². The van der Waals surface area contributed by atoms with E-state index in [1.165, 1.54) is 43.1 Å². The van der Waals surface area contributed by atoms with Gasteiger partial charge < -0.3 is 0 Å². The number of rotatable bonds is 0. The van der Waals surface area contributed by atoms with Crippen molar-refractivity contribution in [3.05, 3.63) is 57.3 Å². The fourth-order valence-electron chi connectivity index (χ4n) is 3.24. The summed E-state index contributed by atoms with van der Waals surface area (Å²) in [4.78, 5) is 3.00. The largest absolute Gasteiger partial charge is 0.144 e. The van der Waals surface area contributed by atoms with Gasteiger partial charge in [0, 0.05) is 9.75 Å². The van der Waals surface area contributed by atoms with Gasteiger partial charge >= 0.3 is 0 Å². The summed E-state index contributed by atoms with van der Waals surface area (Å²) in [6, 6.07) is 9.45. The van der Waals surface area contributed by atoms with Crippen molar-refractivity contribution in [3.8, 4) is 20.9 Å². The van der Waals surface area contributed by atoms with Gasteiger partial charge in [-0.3, -0.25) is 0 Å². The second-order valence-electron chi connectivity index (χ2n) is 5.07. The van der Waals surface area contributed by atoms with Gasteiger partial charge in [-0.15, -0.1) is 22.7 Å². The third-order valence-electron chi connectivity index (χ3n) is 4.07. The lowest BCUT2D eigenvalue weighted by Crippen LogP contribution is -1.86. The lowest BCUT2D eigenvalue weighted by molar-refractivity contribution is 1.22. The minimum Gasteiger partial charge on any atom is -0.144 e. The Labute approximate surface area is 114 Å². The third-order valence-corrected chi connectivity index (χ3v) is 6.05. The van der Waals surface area contributed by atoms with Crippen LogP contribution in [0.3, 0.4) is 0 Å². The van der Waals surface area contributed by atoms with Crippen LogP contribution in [0, 0.1) is 0 Å². The van der Waals surface area contributed by atoms with Crippen molar-refractivity contribution in [2.24, 2.45) is 0 Å². The van der Waals surface area contributed by atoms with E-state index in [9.17, 15) is 0 Å². The Morgan fingerprint density at radius 3 is 1.78 bits per heavy atom. The van der Waals surface area contributed by atoms with Gasteiger partial charge in [0.05, 0.1) is 0 Å². The Morgan fingerprint density at radius 1 is 0.667 bits per heavy atom. The summed E-state index contributed by atoms with van der Waals surface area (Å²) in [6.07, 6.45) is 2.27. The molecule has 18 heavy (non-hydrogen) atoms. The average molecular weight is 266 g/mol. The van der Waals surface area contributed by atoms with Crippen molar-refractivity contribution >= 4 is 22.7 Å². The minimum atomic E-state index is 1.13. The zero-order valence-corrected chi connectivity index (χ0v) is 11.3. The van der Waals surface area contributed by atoms with E-state index < -0.39 is 0 Å². The first-order valence-corrected chi connectivity index (χ1v) is 7.95. The van der Waals surface area contributed by atoms with Crippen molar-refractivity contribution in [2.45, 2.75) is 12.8 Å². The molecule has 5 rings (SSSR count). The van der Waals surface area contributed by atoms with E-state index in [2.05, 4.69) is 35.0 Å². The summed E-state index contributed by atoms with van der Waals surface area (Å²) in [5, 5.41) is 4.44. The van der Waals surface area contributed by atoms with Crippen LogP contribution in [0.5, 0.6) is 0 Å². The van der Waals surface area contributed by atoms with Gasteiger partial charge in [0.2, 0.25) is 0 Å². The van der Waals surface area contributed by atoms with E-state index >= 15 is 0 Å². The molecule has 86 valence electrons. The quantitative estimate of drug-likeness (QED) is 0.372. The Hall–Kier alpha value is -1.38. The molecule has 0 unspecified atom stereocenters. The highest BCUT2D eigenvalue weighted by atomic mass is 32.1. The Balaban J connectivity index is 1.82. The molecule has 0 N–H and O–H groups in total. The fraction of sp³-hybridized carbons (Fsp3) is 0.125. The number of hydrogen-bond donors (Lipinski definition) is 0. The van der Waals surface area contributed by atoms with E-state index in [0.29, 0.717) is 0 Å². The SMILES string of the molecule is c1cc2c(s1)-c1cc3c(cc1C2)Cc1ccsc1-3. The lowest BCUT2D eigenvalue weighted by atomic mass is 10.0. The van der Waals surface area contributed by atoms with Crippen molar-refractivity contribution in [1.29, 1.82) is 0 Å². The van der Waals surface area contributed by atoms with Gasteiger partial charge in [-0.1, -0.05) is 6.07 Å². The standard InChI is InChI=1S/C16H10S2/c1-3-17-15-9(1)5-11-7-12-6-10-2-4-18-16(10)14(12)8-13(11)15/h1-4,7-8H,5-6H2. The molecule has 0 saturated heterocycles. The second kappa shape index (κ2) is 3.14. The minimum absolute atomic E-state index is 1.13. The normalized spacial score (nSPS) is 14.2. The van der Waals surface area contributed by atoms with E-state index in [-0.39, 0.29) is 0 Å². The number of hydrogen-bond acceptors (Lipinski definition) is 2. The van der Waals surface area contributed by atoms with Gasteiger partial charge in [-0.05, 0) is 75.2 Å². The molecule has 0 spiro atoms. The molecule has 0 amide bonds. The highest BCUT2D eigenvalue weighted by molar-refractivity contribution is 7.14. The molecule has 2 aliphatic carbocycles. The number of thiophene rings is 2. The zero-order valence-electron chi connectivity index (χ0n) is 9.69. The molecule has 2 heterocycles. The first kappa shape index (κ1) is 9.54. The Morgan fingerprint density at radius 2 is 1.22 bits per heavy atom. The van der Waals surface area contributed by atoms with Gasteiger partial charge in [0.25, 0.3) is 0 Å². The summed E-state index contributed by atoms with van der Waals surface area (Å²) in [7, 11) is 0. The van der Waals surface area contributed by atoms with Crippen LogP contribution in [0.25, 0.3) is 20.9 Å². The molecule has 0 radical (unpaired) electrons. The van der Waals surface area contributed by atoms with Crippen molar-refractivity contribution in [1.82, 2.24) is 0 Å². The molecule has 2 aliphatic rings. The van der Waals surface area contributed by atoms with Crippen molar-refractivity contribution < 1.29 is 0 Å². The topological polar surface area (TPSA) is 0 Å². The monoisotopic (exact) mass is 266 g/mol. The van der Waals surface area contributed by atoms with Crippen molar-refractivity contribution in [3.63, 3.8) is 0 Å². The Kier molecular flexibility index (Phi) is 1.66. The van der Waals surface area contributed by atoms with Crippen LogP contribution in [0.1, 0.15) is 22.3 Å². The fourth-order valence-corrected chi connectivity index (χ4v) is 5.20. The molecule has 1 aromatic carbocycles. The van der Waals surface area contributed by atoms with Crippen LogP contribution < -0.4 is 0 Å². The van der Waals surface area contributed by atoms with Crippen LogP contribution in [-0.2, 0) is 12.8 Å². The molecule has 0 bridgehead atoms. The molecule has 0 nitrogen and oxygen atoms in total. The summed E-state index contributed by atoms with van der Waals surface area (Å²) >= 11 is 3.77. The van der Waals surface area contributed by atoms with E-state index in [0.717, 1.165) is 12.8 Å². The third kappa shape index (κ3) is 1.06. The molecular formula is C16H10S2. The van der Waals surface area contributed by atoms with Crippen LogP contribution >= 0.6 is 22.7 Å². The van der Waals surface area contributed by atoms with E-state index in [1.54, 1.807) is 0 Å². The van der Waals surface area contributed by atoms with Crippen LogP contribution in [0.4, 0.5) is 0 Å². The first-order valence-electron chi connectivity index (χ1n) is 6.19. The van der Waals surface area contributed by atoms with Crippen LogP contribution in [0.15, 0.2) is 35.0 Å². The predicted octanol–water partition coefficient (Wildman–Crippen LogP) is 4.95. The van der Waals surface area contributed by atoms with Crippen molar-refractivity contribution in [2.75, 3.05) is 0 Å². The molecule has 3 aromatic rings. The maximum Gasteiger partial charge on any atom is 0.0381 e. The molecule has 0 aliphatic heterocycles. The molecule has 2 heteroatoms.